The van der Waals surface area contributed by atoms with Crippen LogP contribution in [-0.4, -0.2) is 30.1 Å². The lowest BCUT2D eigenvalue weighted by Crippen LogP contribution is -2.32. The lowest BCUT2D eigenvalue weighted by molar-refractivity contribution is -0.398. The number of nitrogens with one attached hydrogen (secondary N) is 1. The molecule has 0 atom stereocenters. The van der Waals surface area contributed by atoms with E-state index >= 15 is 0 Å². The van der Waals surface area contributed by atoms with Gasteiger partial charge in [0.25, 0.3) is 5.69 Å². The van der Waals surface area contributed by atoms with Crippen molar-refractivity contribution in [1.29, 1.82) is 0 Å². The predicted molar refractivity (Wildman–Crippen MR) is 64.0 cm³/mol. The molecule has 0 radical (unpaired) electrons. The number of nitro groups is 1. The van der Waals surface area contributed by atoms with Gasteiger partial charge in [-0.1, -0.05) is 0 Å². The van der Waals surface area contributed by atoms with Gasteiger partial charge in [-0.3, -0.25) is 19.7 Å². The maximum Gasteiger partial charge on any atom is 0.329 e. The molecule has 0 heterocycles. The number of nitro benzene ring substituents is 1. The minimum Gasteiger partial charge on any atom is -0.865 e. The van der Waals surface area contributed by atoms with Crippen LogP contribution in [0.1, 0.15) is 5.56 Å². The molecule has 10 heteroatoms. The van der Waals surface area contributed by atoms with Crippen molar-refractivity contribution in [2.24, 2.45) is 10.8 Å². The second-order valence-corrected chi connectivity index (χ2v) is 3.39. The summed E-state index contributed by atoms with van der Waals surface area (Å²) in [6.45, 7) is 0. The van der Waals surface area contributed by atoms with Gasteiger partial charge in [0, 0.05) is 17.4 Å². The number of hydrogen-bond donors (Lipinski definition) is 2. The number of benzene rings is 1. The van der Waals surface area contributed by atoms with E-state index in [2.05, 4.69) is 10.8 Å². The number of hydrazone groups is 1. The van der Waals surface area contributed by atoms with E-state index in [0.29, 0.717) is 0 Å². The van der Waals surface area contributed by atoms with Gasteiger partial charge in [-0.15, -0.1) is 0 Å². The highest BCUT2D eigenvalue weighted by molar-refractivity contribution is 6.34. The zero-order valence-corrected chi connectivity index (χ0v) is 10.2. The highest BCUT2D eigenvalue weighted by Gasteiger charge is 2.13. The van der Waals surface area contributed by atoms with Gasteiger partial charge in [0.15, 0.2) is 0 Å². The van der Waals surface area contributed by atoms with Crippen LogP contribution in [0.25, 0.3) is 0 Å². The van der Waals surface area contributed by atoms with Crippen molar-refractivity contribution in [3.05, 3.63) is 27.8 Å². The first kappa shape index (κ1) is 14.9. The van der Waals surface area contributed by atoms with E-state index in [1.54, 1.807) is 5.43 Å². The largest absolute Gasteiger partial charge is 0.865 e. The maximum absolute atomic E-state index is 11.5. The maximum atomic E-state index is 11.5. The van der Waals surface area contributed by atoms with Crippen LogP contribution in [0.4, 0.5) is 5.69 Å². The monoisotopic (exact) mass is 281 g/mol. The second-order valence-electron chi connectivity index (χ2n) is 3.39. The fourth-order valence-electron chi connectivity index (χ4n) is 1.19. The molecule has 0 aliphatic rings. The summed E-state index contributed by atoms with van der Waals surface area (Å²) in [6, 6.07) is 2.14. The predicted octanol–water partition coefficient (Wildman–Crippen LogP) is -1.39. The summed E-state index contributed by atoms with van der Waals surface area (Å²) in [5, 5.41) is 25.6. The molecule has 1 rings (SSSR count). The minimum atomic E-state index is -1.24. The standard InChI is InChI=1S/C10H10N4O6/c1-20-7-3-5(2-6(8(7)15)14(18)19)4-12-13-10(17)9(11)16/h2-4,15H,1H3,(H2,11,16)(H,13,17)/p-1/b12-4-. The van der Waals surface area contributed by atoms with Crippen LogP contribution >= 0.6 is 0 Å². The van der Waals surface area contributed by atoms with Crippen molar-refractivity contribution < 1.29 is 24.4 Å². The molecule has 2 amide bonds. The molecule has 106 valence electrons. The van der Waals surface area contributed by atoms with Crippen LogP contribution in [0.2, 0.25) is 0 Å². The van der Waals surface area contributed by atoms with E-state index in [1.165, 1.54) is 13.2 Å². The van der Waals surface area contributed by atoms with Crippen molar-refractivity contribution in [2.45, 2.75) is 0 Å². The van der Waals surface area contributed by atoms with Gasteiger partial charge in [0.2, 0.25) is 0 Å². The molecule has 0 aromatic heterocycles. The number of nitrogens with two attached hydrogens (primary N) is 1. The summed E-state index contributed by atoms with van der Waals surface area (Å²) >= 11 is 0. The molecule has 0 fully saturated rings. The first-order valence-corrected chi connectivity index (χ1v) is 5.03. The zero-order chi connectivity index (χ0) is 15.3. The van der Waals surface area contributed by atoms with Crippen LogP contribution in [0.3, 0.4) is 0 Å². The van der Waals surface area contributed by atoms with Crippen LogP contribution in [0.5, 0.6) is 11.5 Å². The molecule has 3 N–H and O–H groups in total. The molecule has 20 heavy (non-hydrogen) atoms. The van der Waals surface area contributed by atoms with Crippen LogP contribution in [0, 0.1) is 10.1 Å². The molecule has 0 saturated carbocycles. The van der Waals surface area contributed by atoms with Gasteiger partial charge in [-0.05, 0) is 6.07 Å². The van der Waals surface area contributed by atoms with E-state index in [4.69, 9.17) is 4.74 Å². The van der Waals surface area contributed by atoms with Crippen molar-refractivity contribution in [2.75, 3.05) is 7.11 Å². The molecular formula is C10H9N4O6-. The first-order valence-electron chi connectivity index (χ1n) is 5.03. The van der Waals surface area contributed by atoms with E-state index < -0.39 is 28.2 Å². The molecule has 0 unspecified atom stereocenters. The summed E-state index contributed by atoms with van der Waals surface area (Å²) in [4.78, 5) is 31.0. The summed E-state index contributed by atoms with van der Waals surface area (Å²) in [5.74, 6) is -3.51. The number of hydrogen-bond acceptors (Lipinski definition) is 7. The molecule has 1 aromatic carbocycles. The van der Waals surface area contributed by atoms with Gasteiger partial charge in [-0.25, -0.2) is 5.43 Å². The molecular weight excluding hydrogens is 272 g/mol. The van der Waals surface area contributed by atoms with Crippen LogP contribution < -0.4 is 21.0 Å². The van der Waals surface area contributed by atoms with Crippen molar-refractivity contribution >= 4 is 23.7 Å². The van der Waals surface area contributed by atoms with E-state index in [9.17, 15) is 24.8 Å². The summed E-state index contributed by atoms with van der Waals surface area (Å²) in [5.41, 5.74) is 5.89. The topological polar surface area (TPSA) is 160 Å². The first-order chi connectivity index (χ1) is 9.36. The quantitative estimate of drug-likeness (QED) is 0.299. The molecule has 0 aliphatic carbocycles. The number of carbonyl (C=O) groups excluding carboxylic acids is 2. The van der Waals surface area contributed by atoms with Gasteiger partial charge < -0.3 is 15.6 Å². The highest BCUT2D eigenvalue weighted by Crippen LogP contribution is 2.33. The van der Waals surface area contributed by atoms with E-state index in [-0.39, 0.29) is 11.3 Å². The lowest BCUT2D eigenvalue weighted by atomic mass is 10.2. The molecule has 0 spiro atoms. The number of rotatable bonds is 4. The van der Waals surface area contributed by atoms with E-state index in [0.717, 1.165) is 12.3 Å². The molecule has 0 bridgehead atoms. The number of methoxy groups -OCH3 is 1. The zero-order valence-electron chi connectivity index (χ0n) is 10.2. The van der Waals surface area contributed by atoms with E-state index in [1.807, 2.05) is 0 Å². The van der Waals surface area contributed by atoms with Gasteiger partial charge in [0.05, 0.1) is 18.2 Å². The third kappa shape index (κ3) is 3.41. The average molecular weight is 281 g/mol. The molecule has 0 saturated heterocycles. The number of primary amides is 1. The Kier molecular flexibility index (Phi) is 4.56. The Bertz CT molecular complexity index is 598. The third-order valence-electron chi connectivity index (χ3n) is 2.08. The third-order valence-corrected chi connectivity index (χ3v) is 2.08. The highest BCUT2D eigenvalue weighted by atomic mass is 16.6. The Morgan fingerprint density at radius 2 is 2.15 bits per heavy atom. The average Bonchev–Trinajstić information content (AvgIpc) is 2.39. The number of nitrogens with zero attached hydrogens (tertiary/aromatic N) is 2. The van der Waals surface area contributed by atoms with Crippen molar-refractivity contribution in [3.63, 3.8) is 0 Å². The van der Waals surface area contributed by atoms with Gasteiger partial charge >= 0.3 is 11.8 Å². The van der Waals surface area contributed by atoms with Crippen molar-refractivity contribution in [1.82, 2.24) is 5.43 Å². The Morgan fingerprint density at radius 1 is 1.50 bits per heavy atom. The van der Waals surface area contributed by atoms with Gasteiger partial charge in [0.1, 0.15) is 5.75 Å². The fraction of sp³-hybridized carbons (Fsp3) is 0.100. The number of amides is 2. The normalized spacial score (nSPS) is 10.2. The minimum absolute atomic E-state index is 0.123. The van der Waals surface area contributed by atoms with Crippen LogP contribution in [-0.2, 0) is 9.59 Å². The van der Waals surface area contributed by atoms with Gasteiger partial charge in [-0.2, -0.15) is 5.10 Å². The number of carbonyl (C=O) groups is 2. The lowest BCUT2D eigenvalue weighted by Gasteiger charge is -2.12. The summed E-state index contributed by atoms with van der Waals surface area (Å²) in [7, 11) is 1.18. The smallest absolute Gasteiger partial charge is 0.329 e. The van der Waals surface area contributed by atoms with Crippen LogP contribution in [0.15, 0.2) is 17.2 Å². The number of ether oxygens (including phenoxy) is 1. The Hall–Kier alpha value is -3.17. The summed E-state index contributed by atoms with van der Waals surface area (Å²) < 4.78 is 4.70. The SMILES string of the molecule is COc1cc(/C=N\NC(=O)C(N)=O)cc([N+](=O)[O-])c1[O-]. The molecule has 10 nitrogen and oxygen atoms in total. The fourth-order valence-corrected chi connectivity index (χ4v) is 1.19. The second kappa shape index (κ2) is 6.13. The Labute approximate surface area is 112 Å². The van der Waals surface area contributed by atoms with Crippen molar-refractivity contribution in [3.8, 4) is 11.5 Å². The Balaban J connectivity index is 3.04. The summed E-state index contributed by atoms with van der Waals surface area (Å²) in [6.07, 6.45) is 0.996. The Morgan fingerprint density at radius 3 is 2.65 bits per heavy atom. The molecule has 0 aliphatic heterocycles. The molecule has 1 aromatic rings.